The second-order valence-electron chi connectivity index (χ2n) is 8.53. The predicted molar refractivity (Wildman–Crippen MR) is 134 cm³/mol. The minimum atomic E-state index is -0.416. The van der Waals surface area contributed by atoms with Gasteiger partial charge in [0.1, 0.15) is 0 Å². The van der Waals surface area contributed by atoms with Gasteiger partial charge in [-0.3, -0.25) is 9.58 Å². The zero-order chi connectivity index (χ0) is 23.7. The monoisotopic (exact) mass is 503 g/mol. The van der Waals surface area contributed by atoms with E-state index in [4.69, 9.17) is 27.9 Å². The minimum absolute atomic E-state index is 0.0727. The molecule has 0 bridgehead atoms. The lowest BCUT2D eigenvalue weighted by Gasteiger charge is -2.39. The molecule has 180 valence electrons. The number of hydrogen-bond donors (Lipinski definition) is 2. The Morgan fingerprint density at radius 3 is 2.74 bits per heavy atom. The maximum absolute atomic E-state index is 10.1. The van der Waals surface area contributed by atoms with Gasteiger partial charge in [-0.05, 0) is 18.6 Å². The number of benzene rings is 1. The number of fused-ring (bicyclic) bond motifs is 1. The molecule has 2 unspecified atom stereocenters. The number of aliphatic hydroxyl groups is 1. The van der Waals surface area contributed by atoms with Crippen LogP contribution in [0.15, 0.2) is 37.2 Å². The van der Waals surface area contributed by atoms with Crippen molar-refractivity contribution >= 4 is 51.4 Å². The number of ether oxygens (including phenoxy) is 1. The summed E-state index contributed by atoms with van der Waals surface area (Å²) in [5.41, 5.74) is 2.37. The third-order valence-electron chi connectivity index (χ3n) is 6.36. The number of allylic oxidation sites excluding steroid dienone is 1. The highest BCUT2D eigenvalue weighted by molar-refractivity contribution is 6.34. The van der Waals surface area contributed by atoms with Crippen LogP contribution in [0.4, 0.5) is 17.3 Å². The Bertz CT molecular complexity index is 1180. The van der Waals surface area contributed by atoms with Gasteiger partial charge in [-0.25, -0.2) is 9.97 Å². The number of hydrogen-bond acceptors (Lipinski definition) is 8. The van der Waals surface area contributed by atoms with Gasteiger partial charge in [-0.2, -0.15) is 5.10 Å². The van der Waals surface area contributed by atoms with Crippen molar-refractivity contribution in [2.24, 2.45) is 0 Å². The van der Waals surface area contributed by atoms with Gasteiger partial charge in [0.25, 0.3) is 0 Å². The van der Waals surface area contributed by atoms with E-state index in [0.29, 0.717) is 41.6 Å². The number of halogens is 2. The van der Waals surface area contributed by atoms with Crippen LogP contribution in [0.3, 0.4) is 0 Å². The van der Waals surface area contributed by atoms with Gasteiger partial charge in [0.2, 0.25) is 5.95 Å². The highest BCUT2D eigenvalue weighted by Gasteiger charge is 2.33. The Morgan fingerprint density at radius 1 is 1.18 bits per heavy atom. The van der Waals surface area contributed by atoms with Crippen LogP contribution in [0.25, 0.3) is 10.9 Å². The maximum Gasteiger partial charge on any atom is 0.227 e. The number of aryl methyl sites for hydroxylation is 1. The fraction of sp³-hybridized carbons (Fsp3) is 0.435. The summed E-state index contributed by atoms with van der Waals surface area (Å²) in [7, 11) is 0. The first kappa shape index (κ1) is 23.3. The van der Waals surface area contributed by atoms with E-state index >= 15 is 0 Å². The van der Waals surface area contributed by atoms with Crippen LogP contribution in [0.5, 0.6) is 0 Å². The van der Waals surface area contributed by atoms with Crippen LogP contribution in [-0.2, 0) is 11.3 Å². The molecule has 4 heterocycles. The summed E-state index contributed by atoms with van der Waals surface area (Å²) in [6, 6.07) is 3.98. The number of piperazine rings is 1. The van der Waals surface area contributed by atoms with Crippen molar-refractivity contribution in [2.75, 3.05) is 49.6 Å². The molecule has 0 spiro atoms. The van der Waals surface area contributed by atoms with Crippen molar-refractivity contribution in [3.8, 4) is 0 Å². The van der Waals surface area contributed by atoms with Gasteiger partial charge < -0.3 is 20.1 Å². The Hall–Kier alpha value is -2.43. The number of nitrogens with zero attached hydrogens (tertiary/aromatic N) is 6. The summed E-state index contributed by atoms with van der Waals surface area (Å²) in [6.45, 7) is 8.68. The third kappa shape index (κ3) is 4.71. The van der Waals surface area contributed by atoms with Crippen LogP contribution >= 0.6 is 23.2 Å². The molecule has 2 aliphatic heterocycles. The minimum Gasteiger partial charge on any atom is -0.389 e. The quantitative estimate of drug-likeness (QED) is 0.474. The molecule has 5 rings (SSSR count). The highest BCUT2D eigenvalue weighted by Crippen LogP contribution is 2.32. The van der Waals surface area contributed by atoms with Gasteiger partial charge >= 0.3 is 0 Å². The molecule has 0 saturated carbocycles. The summed E-state index contributed by atoms with van der Waals surface area (Å²) in [5, 5.41) is 19.6. The molecule has 2 aromatic heterocycles. The van der Waals surface area contributed by atoms with Gasteiger partial charge in [-0.15, -0.1) is 6.58 Å². The lowest BCUT2D eigenvalue weighted by molar-refractivity contribution is 0.0785. The molecular weight excluding hydrogens is 477 g/mol. The van der Waals surface area contributed by atoms with Crippen molar-refractivity contribution < 1.29 is 9.84 Å². The smallest absolute Gasteiger partial charge is 0.227 e. The van der Waals surface area contributed by atoms with E-state index in [2.05, 4.69) is 36.8 Å². The number of nitrogens with one attached hydrogen (secondary N) is 1. The number of aromatic nitrogens is 4. The molecular formula is C23H27Cl2N7O2. The van der Waals surface area contributed by atoms with E-state index in [1.165, 1.54) is 0 Å². The van der Waals surface area contributed by atoms with Crippen molar-refractivity contribution in [1.29, 1.82) is 0 Å². The van der Waals surface area contributed by atoms with Crippen LogP contribution < -0.4 is 10.2 Å². The third-order valence-corrected chi connectivity index (χ3v) is 7.06. The number of anilines is 3. The van der Waals surface area contributed by atoms with Crippen molar-refractivity contribution in [3.63, 3.8) is 0 Å². The molecule has 0 radical (unpaired) electrons. The second-order valence-corrected chi connectivity index (χ2v) is 9.29. The molecule has 11 heteroatoms. The largest absolute Gasteiger partial charge is 0.389 e. The first-order chi connectivity index (χ1) is 16.5. The highest BCUT2D eigenvalue weighted by atomic mass is 35.5. The molecule has 2 saturated heterocycles. The molecule has 2 N–H and O–H groups in total. The summed E-state index contributed by atoms with van der Waals surface area (Å²) in [6.07, 6.45) is 5.60. The zero-order valence-electron chi connectivity index (χ0n) is 18.7. The predicted octanol–water partition coefficient (Wildman–Crippen LogP) is 3.33. The van der Waals surface area contributed by atoms with E-state index in [0.717, 1.165) is 49.2 Å². The summed E-state index contributed by atoms with van der Waals surface area (Å²) >= 11 is 13.1. The molecule has 0 amide bonds. The average Bonchev–Trinajstić information content (AvgIpc) is 3.43. The van der Waals surface area contributed by atoms with Crippen LogP contribution in [0.1, 0.15) is 6.42 Å². The van der Waals surface area contributed by atoms with E-state index < -0.39 is 6.10 Å². The average molecular weight is 504 g/mol. The summed E-state index contributed by atoms with van der Waals surface area (Å²) in [4.78, 5) is 13.7. The molecule has 2 atom stereocenters. The van der Waals surface area contributed by atoms with E-state index in [1.807, 2.05) is 18.2 Å². The van der Waals surface area contributed by atoms with Gasteiger partial charge in [-0.1, -0.05) is 29.3 Å². The number of rotatable bonds is 7. The van der Waals surface area contributed by atoms with Crippen molar-refractivity contribution in [1.82, 2.24) is 24.6 Å². The fourth-order valence-corrected chi connectivity index (χ4v) is 4.98. The van der Waals surface area contributed by atoms with E-state index in [-0.39, 0.29) is 6.04 Å². The molecule has 9 nitrogen and oxygen atoms in total. The SMILES string of the molecule is C=CCCn1ncc(Nc2ncc3cc(Cl)c(N4CCN(C5COCC5O)CC4)cc3n2)c1Cl. The van der Waals surface area contributed by atoms with Crippen LogP contribution in [-0.4, -0.2) is 81.3 Å². The van der Waals surface area contributed by atoms with Crippen molar-refractivity contribution in [2.45, 2.75) is 25.1 Å². The van der Waals surface area contributed by atoms with Crippen LogP contribution in [0.2, 0.25) is 10.2 Å². The lowest BCUT2D eigenvalue weighted by Crippen LogP contribution is -2.53. The first-order valence-electron chi connectivity index (χ1n) is 11.3. The van der Waals surface area contributed by atoms with Gasteiger partial charge in [0.05, 0.1) is 53.5 Å². The molecule has 34 heavy (non-hydrogen) atoms. The Kier molecular flexibility index (Phi) is 6.89. The molecule has 0 aliphatic carbocycles. The van der Waals surface area contributed by atoms with Gasteiger partial charge in [0.15, 0.2) is 5.15 Å². The second kappa shape index (κ2) is 10.1. The molecule has 2 aliphatic rings. The van der Waals surface area contributed by atoms with E-state index in [1.54, 1.807) is 17.1 Å². The lowest BCUT2D eigenvalue weighted by atomic mass is 10.1. The standard InChI is InChI=1S/C23H27Cl2N7O2/c1-2-3-4-32-22(25)18(12-27-32)29-23-26-11-15-9-16(24)19(10-17(15)28-23)30-5-7-31(8-6-30)20-13-34-14-21(20)33/h2,9-12,20-21,33H,1,3-8,13-14H2,(H,26,28,29). The van der Waals surface area contributed by atoms with E-state index in [9.17, 15) is 5.11 Å². The fourth-order valence-electron chi connectivity index (χ4n) is 4.46. The number of aliphatic hydroxyl groups excluding tert-OH is 1. The van der Waals surface area contributed by atoms with Gasteiger partial charge in [0, 0.05) is 44.3 Å². The molecule has 1 aromatic carbocycles. The molecule has 3 aromatic rings. The zero-order valence-corrected chi connectivity index (χ0v) is 20.2. The topological polar surface area (TPSA) is 91.6 Å². The van der Waals surface area contributed by atoms with Crippen LogP contribution in [0, 0.1) is 0 Å². The molecule has 2 fully saturated rings. The summed E-state index contributed by atoms with van der Waals surface area (Å²) < 4.78 is 7.13. The maximum atomic E-state index is 10.1. The first-order valence-corrected chi connectivity index (χ1v) is 12.1. The normalized spacial score (nSPS) is 21.3. The Balaban J connectivity index is 1.32. The Morgan fingerprint density at radius 2 is 2.00 bits per heavy atom. The van der Waals surface area contributed by atoms with Crippen molar-refractivity contribution in [3.05, 3.63) is 47.4 Å². The summed E-state index contributed by atoms with van der Waals surface area (Å²) in [5.74, 6) is 0.436. The Labute approximate surface area is 207 Å².